The molecule has 3 N–H and O–H groups in total. The van der Waals surface area contributed by atoms with E-state index >= 15 is 0 Å². The third-order valence-electron chi connectivity index (χ3n) is 3.01. The van der Waals surface area contributed by atoms with E-state index in [1.165, 1.54) is 6.07 Å². The van der Waals surface area contributed by atoms with E-state index < -0.39 is 0 Å². The highest BCUT2D eigenvalue weighted by Gasteiger charge is 2.22. The Morgan fingerprint density at radius 3 is 2.67 bits per heavy atom. The number of rotatable bonds is 3. The summed E-state index contributed by atoms with van der Waals surface area (Å²) in [5.41, 5.74) is 7.12. The largest absolute Gasteiger partial charge is 0.342 e. The number of halogens is 1. The molecular weight excluding hydrogens is 229 g/mol. The number of aromatic nitrogens is 2. The Morgan fingerprint density at radius 1 is 1.39 bits per heavy atom. The smallest absolute Gasteiger partial charge is 0.151 e. The van der Waals surface area contributed by atoms with Crippen LogP contribution < -0.4 is 5.73 Å². The lowest BCUT2D eigenvalue weighted by molar-refractivity contribution is 0.337. The lowest BCUT2D eigenvalue weighted by Gasteiger charge is -2.23. The van der Waals surface area contributed by atoms with E-state index in [0.29, 0.717) is 12.1 Å². The number of H-pyrrole nitrogens is 1. The van der Waals surface area contributed by atoms with E-state index in [1.807, 2.05) is 6.07 Å². The minimum Gasteiger partial charge on any atom is -0.342 e. The SMILES string of the molecule is CC(C)(C)CC(CN)c1nc2c(F)cccc2[nH]1. The van der Waals surface area contributed by atoms with Gasteiger partial charge in [-0.25, -0.2) is 9.37 Å². The highest BCUT2D eigenvalue weighted by molar-refractivity contribution is 5.75. The number of fused-ring (bicyclic) bond motifs is 1. The average molecular weight is 249 g/mol. The van der Waals surface area contributed by atoms with Gasteiger partial charge in [-0.15, -0.1) is 0 Å². The van der Waals surface area contributed by atoms with Crippen molar-refractivity contribution in [3.8, 4) is 0 Å². The number of para-hydroxylation sites is 1. The van der Waals surface area contributed by atoms with Crippen LogP contribution in [0.25, 0.3) is 11.0 Å². The third-order valence-corrected chi connectivity index (χ3v) is 3.01. The molecule has 2 aromatic rings. The molecule has 0 spiro atoms. The van der Waals surface area contributed by atoms with Gasteiger partial charge in [-0.1, -0.05) is 26.8 Å². The summed E-state index contributed by atoms with van der Waals surface area (Å²) in [4.78, 5) is 7.54. The van der Waals surface area contributed by atoms with Crippen LogP contribution in [0.2, 0.25) is 0 Å². The molecule has 98 valence electrons. The molecule has 0 saturated heterocycles. The molecule has 4 heteroatoms. The summed E-state index contributed by atoms with van der Waals surface area (Å²) >= 11 is 0. The molecule has 1 unspecified atom stereocenters. The monoisotopic (exact) mass is 249 g/mol. The van der Waals surface area contributed by atoms with Crippen molar-refractivity contribution in [2.75, 3.05) is 6.54 Å². The molecule has 1 aromatic heterocycles. The molecule has 1 aromatic carbocycles. The first-order chi connectivity index (χ1) is 8.40. The molecule has 0 bridgehead atoms. The average Bonchev–Trinajstić information content (AvgIpc) is 2.70. The van der Waals surface area contributed by atoms with E-state index in [4.69, 9.17) is 5.73 Å². The van der Waals surface area contributed by atoms with E-state index in [2.05, 4.69) is 30.7 Å². The maximum atomic E-state index is 13.6. The van der Waals surface area contributed by atoms with Crippen LogP contribution in [0.1, 0.15) is 38.9 Å². The molecule has 0 aliphatic rings. The summed E-state index contributed by atoms with van der Waals surface area (Å²) in [6, 6.07) is 4.94. The highest BCUT2D eigenvalue weighted by atomic mass is 19.1. The van der Waals surface area contributed by atoms with E-state index in [-0.39, 0.29) is 17.2 Å². The number of imidazole rings is 1. The number of hydrogen-bond acceptors (Lipinski definition) is 2. The van der Waals surface area contributed by atoms with Crippen LogP contribution in [0.4, 0.5) is 4.39 Å². The van der Waals surface area contributed by atoms with Crippen LogP contribution in [0.15, 0.2) is 18.2 Å². The van der Waals surface area contributed by atoms with Crippen LogP contribution in [-0.2, 0) is 0 Å². The van der Waals surface area contributed by atoms with Gasteiger partial charge < -0.3 is 10.7 Å². The van der Waals surface area contributed by atoms with Gasteiger partial charge in [-0.05, 0) is 24.0 Å². The molecule has 0 radical (unpaired) electrons. The Balaban J connectivity index is 2.37. The summed E-state index contributed by atoms with van der Waals surface area (Å²) in [6.45, 7) is 7.01. The van der Waals surface area contributed by atoms with Gasteiger partial charge >= 0.3 is 0 Å². The number of aromatic amines is 1. The Bertz CT molecular complexity index is 539. The van der Waals surface area contributed by atoms with Crippen LogP contribution in [0.5, 0.6) is 0 Å². The van der Waals surface area contributed by atoms with Crippen molar-refractivity contribution in [1.29, 1.82) is 0 Å². The van der Waals surface area contributed by atoms with Crippen molar-refractivity contribution >= 4 is 11.0 Å². The fourth-order valence-electron chi connectivity index (χ4n) is 2.24. The van der Waals surface area contributed by atoms with Crippen LogP contribution >= 0.6 is 0 Å². The molecule has 1 atom stereocenters. The van der Waals surface area contributed by atoms with Crippen molar-refractivity contribution in [1.82, 2.24) is 9.97 Å². The zero-order chi connectivity index (χ0) is 13.3. The second-order valence-corrected chi connectivity index (χ2v) is 5.96. The van der Waals surface area contributed by atoms with E-state index in [9.17, 15) is 4.39 Å². The number of nitrogens with zero attached hydrogens (tertiary/aromatic N) is 1. The van der Waals surface area contributed by atoms with Gasteiger partial charge in [0, 0.05) is 12.5 Å². The van der Waals surface area contributed by atoms with Crippen LogP contribution in [-0.4, -0.2) is 16.5 Å². The molecule has 0 aliphatic carbocycles. The van der Waals surface area contributed by atoms with Crippen molar-refractivity contribution < 1.29 is 4.39 Å². The fraction of sp³-hybridized carbons (Fsp3) is 0.500. The first-order valence-corrected chi connectivity index (χ1v) is 6.25. The predicted octanol–water partition coefficient (Wildman–Crippen LogP) is 3.18. The second kappa shape index (κ2) is 4.69. The summed E-state index contributed by atoms with van der Waals surface area (Å²) in [5.74, 6) is 0.630. The predicted molar refractivity (Wildman–Crippen MR) is 71.9 cm³/mol. The Hall–Kier alpha value is -1.42. The second-order valence-electron chi connectivity index (χ2n) is 5.96. The molecule has 2 rings (SSSR count). The molecule has 0 aliphatic heterocycles. The fourth-order valence-corrected chi connectivity index (χ4v) is 2.24. The Morgan fingerprint density at radius 2 is 2.11 bits per heavy atom. The standard InChI is InChI=1S/C14H20FN3/c1-14(2,3)7-9(8-16)13-17-11-6-4-5-10(15)12(11)18-13/h4-6,9H,7-8,16H2,1-3H3,(H,17,18). The number of nitrogens with two attached hydrogens (primary N) is 1. The normalized spacial score (nSPS) is 14.1. The summed E-state index contributed by atoms with van der Waals surface area (Å²) < 4.78 is 13.6. The Labute approximate surface area is 107 Å². The molecule has 0 amide bonds. The number of benzene rings is 1. The molecule has 18 heavy (non-hydrogen) atoms. The van der Waals surface area contributed by atoms with Gasteiger partial charge in [-0.2, -0.15) is 0 Å². The third kappa shape index (κ3) is 2.70. The van der Waals surface area contributed by atoms with Crippen LogP contribution in [0.3, 0.4) is 0 Å². The molecule has 1 heterocycles. The zero-order valence-corrected chi connectivity index (χ0v) is 11.1. The van der Waals surface area contributed by atoms with Gasteiger partial charge in [0.05, 0.1) is 5.52 Å². The topological polar surface area (TPSA) is 54.7 Å². The lowest BCUT2D eigenvalue weighted by atomic mass is 9.84. The van der Waals surface area contributed by atoms with Crippen molar-refractivity contribution in [2.45, 2.75) is 33.1 Å². The van der Waals surface area contributed by atoms with Crippen molar-refractivity contribution in [3.05, 3.63) is 29.8 Å². The number of hydrogen-bond donors (Lipinski definition) is 2. The summed E-state index contributed by atoms with van der Waals surface area (Å²) in [7, 11) is 0. The molecule has 0 saturated carbocycles. The zero-order valence-electron chi connectivity index (χ0n) is 11.1. The van der Waals surface area contributed by atoms with Gasteiger partial charge in [0.1, 0.15) is 11.3 Å². The lowest BCUT2D eigenvalue weighted by Crippen LogP contribution is -2.20. The minimum atomic E-state index is -0.290. The van der Waals surface area contributed by atoms with Gasteiger partial charge in [-0.3, -0.25) is 0 Å². The maximum absolute atomic E-state index is 13.6. The maximum Gasteiger partial charge on any atom is 0.151 e. The van der Waals surface area contributed by atoms with Gasteiger partial charge in [0.2, 0.25) is 0 Å². The van der Waals surface area contributed by atoms with Gasteiger partial charge in [0.15, 0.2) is 5.82 Å². The summed E-state index contributed by atoms with van der Waals surface area (Å²) in [5, 5.41) is 0. The number of nitrogens with one attached hydrogen (secondary N) is 1. The quantitative estimate of drug-likeness (QED) is 0.877. The minimum absolute atomic E-state index is 0.136. The van der Waals surface area contributed by atoms with Gasteiger partial charge in [0.25, 0.3) is 0 Å². The van der Waals surface area contributed by atoms with E-state index in [1.54, 1.807) is 6.07 Å². The van der Waals surface area contributed by atoms with Crippen LogP contribution in [0, 0.1) is 11.2 Å². The van der Waals surface area contributed by atoms with Crippen molar-refractivity contribution in [2.24, 2.45) is 11.1 Å². The summed E-state index contributed by atoms with van der Waals surface area (Å²) in [6.07, 6.45) is 0.922. The molecule has 3 nitrogen and oxygen atoms in total. The molecule has 0 fully saturated rings. The highest BCUT2D eigenvalue weighted by Crippen LogP contribution is 2.30. The molecular formula is C14H20FN3. The Kier molecular flexibility index (Phi) is 3.39. The van der Waals surface area contributed by atoms with E-state index in [0.717, 1.165) is 17.8 Å². The first-order valence-electron chi connectivity index (χ1n) is 6.25. The first kappa shape index (κ1) is 13.0. The van der Waals surface area contributed by atoms with Crippen molar-refractivity contribution in [3.63, 3.8) is 0 Å².